The molecule has 5 heteroatoms. The molecule has 1 aromatic carbocycles. The molecule has 3 rings (SSSR count). The van der Waals surface area contributed by atoms with Crippen LogP contribution in [-0.4, -0.2) is 36.7 Å². The standard InChI is InChI=1S/C19H24N4O/c24-19(21-13-11-16-7-4-5-12-20-16)22-17-8-6-14-23(15-17)18-9-2-1-3-10-18/h1-5,7,9-10,12,17H,6,8,11,13-15H2,(H2,21,22,24)/t17-/m1/s1. The average molecular weight is 324 g/mol. The number of rotatable bonds is 5. The van der Waals surface area contributed by atoms with Gasteiger partial charge in [0.1, 0.15) is 0 Å². The van der Waals surface area contributed by atoms with E-state index in [0.29, 0.717) is 6.54 Å². The maximum Gasteiger partial charge on any atom is 0.315 e. The van der Waals surface area contributed by atoms with E-state index in [4.69, 9.17) is 0 Å². The van der Waals surface area contributed by atoms with E-state index in [1.165, 1.54) is 5.69 Å². The molecule has 0 saturated carbocycles. The van der Waals surface area contributed by atoms with Crippen LogP contribution in [0.2, 0.25) is 0 Å². The van der Waals surface area contributed by atoms with E-state index in [1.54, 1.807) is 6.20 Å². The van der Waals surface area contributed by atoms with Gasteiger partial charge in [0.05, 0.1) is 0 Å². The van der Waals surface area contributed by atoms with Crippen molar-refractivity contribution in [2.75, 3.05) is 24.5 Å². The molecule has 1 atom stereocenters. The van der Waals surface area contributed by atoms with Gasteiger partial charge in [0.2, 0.25) is 0 Å². The monoisotopic (exact) mass is 324 g/mol. The number of piperidine rings is 1. The summed E-state index contributed by atoms with van der Waals surface area (Å²) >= 11 is 0. The highest BCUT2D eigenvalue weighted by Gasteiger charge is 2.21. The average Bonchev–Trinajstić information content (AvgIpc) is 2.63. The zero-order valence-electron chi connectivity index (χ0n) is 13.8. The maximum atomic E-state index is 12.1. The summed E-state index contributed by atoms with van der Waals surface area (Å²) in [6, 6.07) is 16.3. The highest BCUT2D eigenvalue weighted by atomic mass is 16.2. The molecule has 1 saturated heterocycles. The number of hydrogen-bond donors (Lipinski definition) is 2. The molecule has 2 amide bonds. The van der Waals surface area contributed by atoms with Crippen LogP contribution >= 0.6 is 0 Å². The van der Waals surface area contributed by atoms with Gasteiger partial charge in [-0.05, 0) is 37.1 Å². The van der Waals surface area contributed by atoms with Crippen LogP contribution in [0.15, 0.2) is 54.7 Å². The van der Waals surface area contributed by atoms with Gasteiger partial charge in [-0.15, -0.1) is 0 Å². The van der Waals surface area contributed by atoms with Crippen molar-refractivity contribution in [3.05, 3.63) is 60.4 Å². The summed E-state index contributed by atoms with van der Waals surface area (Å²) in [6.07, 6.45) is 4.63. The summed E-state index contributed by atoms with van der Waals surface area (Å²) in [5, 5.41) is 6.02. The summed E-state index contributed by atoms with van der Waals surface area (Å²) in [7, 11) is 0. The first-order valence-corrected chi connectivity index (χ1v) is 8.55. The van der Waals surface area contributed by atoms with E-state index in [-0.39, 0.29) is 12.1 Å². The second-order valence-corrected chi connectivity index (χ2v) is 6.09. The van der Waals surface area contributed by atoms with Crippen LogP contribution in [0.4, 0.5) is 10.5 Å². The SMILES string of the molecule is O=C(NCCc1ccccn1)N[C@@H]1CCCN(c2ccccc2)C1. The Balaban J connectivity index is 1.42. The Labute approximate surface area is 143 Å². The van der Waals surface area contributed by atoms with Gasteiger partial charge in [-0.25, -0.2) is 4.79 Å². The first kappa shape index (κ1) is 16.3. The van der Waals surface area contributed by atoms with Crippen LogP contribution in [0.5, 0.6) is 0 Å². The molecule has 126 valence electrons. The van der Waals surface area contributed by atoms with Gasteiger partial charge in [-0.2, -0.15) is 0 Å². The molecule has 2 aromatic rings. The lowest BCUT2D eigenvalue weighted by Gasteiger charge is -2.34. The zero-order chi connectivity index (χ0) is 16.6. The highest BCUT2D eigenvalue weighted by molar-refractivity contribution is 5.74. The topological polar surface area (TPSA) is 57.3 Å². The first-order chi connectivity index (χ1) is 11.8. The van der Waals surface area contributed by atoms with E-state index in [9.17, 15) is 4.79 Å². The number of carbonyl (C=O) groups is 1. The molecule has 5 nitrogen and oxygen atoms in total. The summed E-state index contributed by atoms with van der Waals surface area (Å²) in [6.45, 7) is 2.50. The lowest BCUT2D eigenvalue weighted by molar-refractivity contribution is 0.235. The number of pyridine rings is 1. The van der Waals surface area contributed by atoms with Gasteiger partial charge in [0, 0.05) is 49.7 Å². The van der Waals surface area contributed by atoms with Gasteiger partial charge in [0.25, 0.3) is 0 Å². The summed E-state index contributed by atoms with van der Waals surface area (Å²) in [5.74, 6) is 0. The first-order valence-electron chi connectivity index (χ1n) is 8.55. The van der Waals surface area contributed by atoms with E-state index >= 15 is 0 Å². The Hall–Kier alpha value is -2.56. The zero-order valence-corrected chi connectivity index (χ0v) is 13.8. The number of hydrogen-bond acceptors (Lipinski definition) is 3. The van der Waals surface area contributed by atoms with E-state index in [1.807, 2.05) is 24.3 Å². The van der Waals surface area contributed by atoms with Crippen LogP contribution in [0, 0.1) is 0 Å². The van der Waals surface area contributed by atoms with Crippen molar-refractivity contribution in [3.63, 3.8) is 0 Å². The summed E-state index contributed by atoms with van der Waals surface area (Å²) in [5.41, 5.74) is 2.21. The van der Waals surface area contributed by atoms with Crippen LogP contribution in [-0.2, 0) is 6.42 Å². The summed E-state index contributed by atoms with van der Waals surface area (Å²) in [4.78, 5) is 18.7. The second-order valence-electron chi connectivity index (χ2n) is 6.09. The third-order valence-electron chi connectivity index (χ3n) is 4.27. The number of anilines is 1. The predicted molar refractivity (Wildman–Crippen MR) is 96.2 cm³/mol. The van der Waals surface area contributed by atoms with Crippen molar-refractivity contribution in [1.29, 1.82) is 0 Å². The Morgan fingerprint density at radius 1 is 1.17 bits per heavy atom. The molecular weight excluding hydrogens is 300 g/mol. The molecule has 1 aliphatic rings. The minimum Gasteiger partial charge on any atom is -0.369 e. The van der Waals surface area contributed by atoms with Crippen LogP contribution in [0.3, 0.4) is 0 Å². The lowest BCUT2D eigenvalue weighted by atomic mass is 10.1. The van der Waals surface area contributed by atoms with E-state index in [2.05, 4.69) is 44.8 Å². The third-order valence-corrected chi connectivity index (χ3v) is 4.27. The molecular formula is C19H24N4O. The largest absolute Gasteiger partial charge is 0.369 e. The molecule has 2 heterocycles. The molecule has 0 radical (unpaired) electrons. The smallest absolute Gasteiger partial charge is 0.315 e. The fourth-order valence-electron chi connectivity index (χ4n) is 3.05. The van der Waals surface area contributed by atoms with Crippen molar-refractivity contribution in [2.24, 2.45) is 0 Å². The number of nitrogens with zero attached hydrogens (tertiary/aromatic N) is 2. The minimum absolute atomic E-state index is 0.0918. The van der Waals surface area contributed by atoms with Crippen molar-refractivity contribution in [1.82, 2.24) is 15.6 Å². The molecule has 0 spiro atoms. The number of amides is 2. The maximum absolute atomic E-state index is 12.1. The number of nitrogens with one attached hydrogen (secondary N) is 2. The van der Waals surface area contributed by atoms with Gasteiger partial charge < -0.3 is 15.5 Å². The Kier molecular flexibility index (Phi) is 5.66. The van der Waals surface area contributed by atoms with Crippen molar-refractivity contribution in [3.8, 4) is 0 Å². The number of urea groups is 1. The number of carbonyl (C=O) groups excluding carboxylic acids is 1. The van der Waals surface area contributed by atoms with Crippen molar-refractivity contribution in [2.45, 2.75) is 25.3 Å². The second kappa shape index (κ2) is 8.34. The fourth-order valence-corrected chi connectivity index (χ4v) is 3.05. The fraction of sp³-hybridized carbons (Fsp3) is 0.368. The number of aromatic nitrogens is 1. The molecule has 0 bridgehead atoms. The Morgan fingerprint density at radius 2 is 2.00 bits per heavy atom. The lowest BCUT2D eigenvalue weighted by Crippen LogP contribution is -2.50. The minimum atomic E-state index is -0.0918. The molecule has 0 unspecified atom stereocenters. The van der Waals surface area contributed by atoms with Gasteiger partial charge in [0.15, 0.2) is 0 Å². The van der Waals surface area contributed by atoms with Crippen molar-refractivity contribution < 1.29 is 4.79 Å². The van der Waals surface area contributed by atoms with Crippen LogP contribution in [0.25, 0.3) is 0 Å². The van der Waals surface area contributed by atoms with Crippen LogP contribution in [0.1, 0.15) is 18.5 Å². The van der Waals surface area contributed by atoms with E-state index < -0.39 is 0 Å². The number of para-hydroxylation sites is 1. The Bertz CT molecular complexity index is 632. The quantitative estimate of drug-likeness (QED) is 0.889. The van der Waals surface area contributed by atoms with Gasteiger partial charge in [-0.1, -0.05) is 24.3 Å². The normalized spacial score (nSPS) is 17.3. The molecule has 24 heavy (non-hydrogen) atoms. The molecule has 1 fully saturated rings. The Morgan fingerprint density at radius 3 is 2.79 bits per heavy atom. The molecule has 1 aromatic heterocycles. The predicted octanol–water partition coefficient (Wildman–Crippen LogP) is 2.59. The summed E-state index contributed by atoms with van der Waals surface area (Å²) < 4.78 is 0. The van der Waals surface area contributed by atoms with Crippen molar-refractivity contribution >= 4 is 11.7 Å². The van der Waals surface area contributed by atoms with Gasteiger partial charge >= 0.3 is 6.03 Å². The van der Waals surface area contributed by atoms with E-state index in [0.717, 1.165) is 38.0 Å². The number of benzene rings is 1. The third kappa shape index (κ3) is 4.72. The molecule has 1 aliphatic heterocycles. The molecule has 0 aliphatic carbocycles. The highest BCUT2D eigenvalue weighted by Crippen LogP contribution is 2.19. The van der Waals surface area contributed by atoms with Gasteiger partial charge in [-0.3, -0.25) is 4.98 Å². The van der Waals surface area contributed by atoms with Crippen LogP contribution < -0.4 is 15.5 Å². The molecule has 2 N–H and O–H groups in total.